The summed E-state index contributed by atoms with van der Waals surface area (Å²) in [6.07, 6.45) is 1.06. The first kappa shape index (κ1) is 14.7. The van der Waals surface area contributed by atoms with E-state index >= 15 is 0 Å². The smallest absolute Gasteiger partial charge is 0.228 e. The van der Waals surface area contributed by atoms with Gasteiger partial charge in [-0.05, 0) is 20.3 Å². The minimum absolute atomic E-state index is 0.0505. The van der Waals surface area contributed by atoms with Crippen molar-refractivity contribution < 1.29 is 9.53 Å². The lowest BCUT2D eigenvalue weighted by Crippen LogP contribution is -2.54. The van der Waals surface area contributed by atoms with Gasteiger partial charge < -0.3 is 15.4 Å². The van der Waals surface area contributed by atoms with Gasteiger partial charge in [-0.25, -0.2) is 0 Å². The topological polar surface area (TPSA) is 58.8 Å². The Morgan fingerprint density at radius 2 is 2.00 bits per heavy atom. The number of nitrogens with zero attached hydrogens (tertiary/aromatic N) is 2. The molecule has 3 unspecified atom stereocenters. The molecule has 3 atom stereocenters. The first-order valence-electron chi connectivity index (χ1n) is 6.92. The quantitative estimate of drug-likeness (QED) is 0.752. The standard InChI is InChI=1S/C13H23N3O2S/c1-9-7-11(8-18-9)13(17)16-5-3-15(4-6-16)10(2)12(14)19/h9-11H,3-8H2,1-2H3,(H2,14,19). The van der Waals surface area contributed by atoms with Crippen molar-refractivity contribution in [1.29, 1.82) is 0 Å². The van der Waals surface area contributed by atoms with Gasteiger partial charge in [0.05, 0.1) is 29.7 Å². The van der Waals surface area contributed by atoms with Crippen LogP contribution < -0.4 is 5.73 Å². The van der Waals surface area contributed by atoms with E-state index in [9.17, 15) is 4.79 Å². The van der Waals surface area contributed by atoms with Gasteiger partial charge in [0.1, 0.15) is 0 Å². The minimum Gasteiger partial charge on any atom is -0.392 e. The number of ether oxygens (including phenoxy) is 1. The number of hydrogen-bond donors (Lipinski definition) is 1. The SMILES string of the molecule is CC1CC(C(=O)N2CCN(C(C)C(N)=S)CC2)CO1. The zero-order chi connectivity index (χ0) is 14.0. The van der Waals surface area contributed by atoms with Crippen LogP contribution in [0.5, 0.6) is 0 Å². The van der Waals surface area contributed by atoms with Gasteiger partial charge in [-0.3, -0.25) is 9.69 Å². The van der Waals surface area contributed by atoms with Crippen LogP contribution in [0.15, 0.2) is 0 Å². The molecule has 2 aliphatic rings. The Kier molecular flexibility index (Phi) is 4.76. The fourth-order valence-electron chi connectivity index (χ4n) is 2.76. The van der Waals surface area contributed by atoms with E-state index in [2.05, 4.69) is 4.90 Å². The van der Waals surface area contributed by atoms with Crippen molar-refractivity contribution in [2.24, 2.45) is 11.7 Å². The molecule has 2 fully saturated rings. The summed E-state index contributed by atoms with van der Waals surface area (Å²) >= 11 is 5.02. The molecule has 0 aliphatic carbocycles. The lowest BCUT2D eigenvalue weighted by atomic mass is 10.0. The molecule has 0 saturated carbocycles. The number of nitrogens with two attached hydrogens (primary N) is 1. The molecule has 1 amide bonds. The van der Waals surface area contributed by atoms with Crippen molar-refractivity contribution in [3.05, 3.63) is 0 Å². The molecule has 2 saturated heterocycles. The van der Waals surface area contributed by atoms with E-state index < -0.39 is 0 Å². The van der Waals surface area contributed by atoms with Crippen molar-refractivity contribution in [2.75, 3.05) is 32.8 Å². The van der Waals surface area contributed by atoms with Crippen LogP contribution in [0.3, 0.4) is 0 Å². The van der Waals surface area contributed by atoms with E-state index in [1.165, 1.54) is 0 Å². The molecule has 19 heavy (non-hydrogen) atoms. The molecule has 6 heteroatoms. The Hall–Kier alpha value is -0.720. The summed E-state index contributed by atoms with van der Waals surface area (Å²) in [5.74, 6) is 0.293. The molecule has 0 aromatic heterocycles. The summed E-state index contributed by atoms with van der Waals surface area (Å²) in [6, 6.07) is 0.113. The Morgan fingerprint density at radius 1 is 1.37 bits per heavy atom. The lowest BCUT2D eigenvalue weighted by Gasteiger charge is -2.38. The summed E-state index contributed by atoms with van der Waals surface area (Å²) in [5.41, 5.74) is 5.67. The first-order valence-corrected chi connectivity index (χ1v) is 7.33. The Balaban J connectivity index is 1.83. The second-order valence-electron chi connectivity index (χ2n) is 5.52. The molecule has 108 valence electrons. The number of amides is 1. The highest BCUT2D eigenvalue weighted by atomic mass is 32.1. The summed E-state index contributed by atoms with van der Waals surface area (Å²) < 4.78 is 5.48. The van der Waals surface area contributed by atoms with Gasteiger partial charge in [0, 0.05) is 26.2 Å². The second-order valence-corrected chi connectivity index (χ2v) is 5.99. The van der Waals surface area contributed by atoms with E-state index in [1.807, 2.05) is 18.7 Å². The molecule has 2 aliphatic heterocycles. The molecular formula is C13H23N3O2S. The van der Waals surface area contributed by atoms with Gasteiger partial charge in [0.25, 0.3) is 0 Å². The van der Waals surface area contributed by atoms with Crippen LogP contribution in [0.2, 0.25) is 0 Å². The van der Waals surface area contributed by atoms with E-state index in [-0.39, 0.29) is 24.0 Å². The molecule has 0 spiro atoms. The molecular weight excluding hydrogens is 262 g/mol. The summed E-state index contributed by atoms with van der Waals surface area (Å²) in [6.45, 7) is 7.82. The van der Waals surface area contributed by atoms with E-state index in [0.29, 0.717) is 11.6 Å². The fraction of sp³-hybridized carbons (Fsp3) is 0.846. The maximum Gasteiger partial charge on any atom is 0.228 e. The molecule has 2 heterocycles. The number of hydrogen-bond acceptors (Lipinski definition) is 4. The van der Waals surface area contributed by atoms with Crippen LogP contribution in [0.4, 0.5) is 0 Å². The summed E-state index contributed by atoms with van der Waals surface area (Å²) in [7, 11) is 0. The first-order chi connectivity index (χ1) is 8.99. The van der Waals surface area contributed by atoms with Crippen LogP contribution in [0, 0.1) is 5.92 Å². The van der Waals surface area contributed by atoms with E-state index in [1.54, 1.807) is 0 Å². The van der Waals surface area contributed by atoms with Crippen LogP contribution in [-0.4, -0.2) is 65.6 Å². The number of thiocarbonyl (C=S) groups is 1. The van der Waals surface area contributed by atoms with Gasteiger partial charge in [-0.1, -0.05) is 12.2 Å². The monoisotopic (exact) mass is 285 g/mol. The van der Waals surface area contributed by atoms with Gasteiger partial charge in [-0.2, -0.15) is 0 Å². The zero-order valence-electron chi connectivity index (χ0n) is 11.7. The van der Waals surface area contributed by atoms with Crippen LogP contribution in [0.1, 0.15) is 20.3 Å². The van der Waals surface area contributed by atoms with Crippen molar-refractivity contribution in [1.82, 2.24) is 9.80 Å². The normalized spacial score (nSPS) is 30.3. The third kappa shape index (κ3) is 3.43. The predicted molar refractivity (Wildman–Crippen MR) is 77.9 cm³/mol. The van der Waals surface area contributed by atoms with Crippen LogP contribution in [-0.2, 0) is 9.53 Å². The van der Waals surface area contributed by atoms with Crippen LogP contribution in [0.25, 0.3) is 0 Å². The van der Waals surface area contributed by atoms with Gasteiger partial charge >= 0.3 is 0 Å². The maximum atomic E-state index is 12.3. The fourth-order valence-corrected chi connectivity index (χ4v) is 2.91. The molecule has 0 aromatic carbocycles. The highest BCUT2D eigenvalue weighted by Crippen LogP contribution is 2.22. The number of carbonyl (C=O) groups is 1. The van der Waals surface area contributed by atoms with Crippen LogP contribution >= 0.6 is 12.2 Å². The van der Waals surface area contributed by atoms with E-state index in [0.717, 1.165) is 32.6 Å². The average molecular weight is 285 g/mol. The molecule has 2 N–H and O–H groups in total. The Morgan fingerprint density at radius 3 is 2.47 bits per heavy atom. The third-order valence-corrected chi connectivity index (χ3v) is 4.47. The van der Waals surface area contributed by atoms with Gasteiger partial charge in [0.2, 0.25) is 5.91 Å². The van der Waals surface area contributed by atoms with Gasteiger partial charge in [0.15, 0.2) is 0 Å². The highest BCUT2D eigenvalue weighted by Gasteiger charge is 2.33. The molecule has 5 nitrogen and oxygen atoms in total. The zero-order valence-corrected chi connectivity index (χ0v) is 12.5. The van der Waals surface area contributed by atoms with E-state index in [4.69, 9.17) is 22.7 Å². The predicted octanol–water partition coefficient (Wildman–Crippen LogP) is 0.230. The molecule has 0 bridgehead atoms. The molecule has 2 rings (SSSR count). The largest absolute Gasteiger partial charge is 0.392 e. The van der Waals surface area contributed by atoms with Crippen molar-refractivity contribution in [3.63, 3.8) is 0 Å². The van der Waals surface area contributed by atoms with Crippen molar-refractivity contribution >= 4 is 23.1 Å². The lowest BCUT2D eigenvalue weighted by molar-refractivity contribution is -0.137. The third-order valence-electron chi connectivity index (χ3n) is 4.13. The number of rotatable bonds is 3. The summed E-state index contributed by atoms with van der Waals surface area (Å²) in [5, 5.41) is 0. The highest BCUT2D eigenvalue weighted by molar-refractivity contribution is 7.80. The number of piperazine rings is 1. The minimum atomic E-state index is 0.0505. The van der Waals surface area contributed by atoms with Gasteiger partial charge in [-0.15, -0.1) is 0 Å². The average Bonchev–Trinajstić information content (AvgIpc) is 2.84. The Labute approximate surface area is 120 Å². The summed E-state index contributed by atoms with van der Waals surface area (Å²) in [4.78, 5) is 17.0. The van der Waals surface area contributed by atoms with Crippen molar-refractivity contribution in [2.45, 2.75) is 32.4 Å². The maximum absolute atomic E-state index is 12.3. The Bertz CT molecular complexity index is 356. The van der Waals surface area contributed by atoms with Crippen molar-refractivity contribution in [3.8, 4) is 0 Å². The second kappa shape index (κ2) is 6.15. The number of carbonyl (C=O) groups excluding carboxylic acids is 1. The molecule has 0 radical (unpaired) electrons. The molecule has 0 aromatic rings.